The summed E-state index contributed by atoms with van der Waals surface area (Å²) in [5, 5.41) is 0. The molecule has 0 aromatic carbocycles. The Morgan fingerprint density at radius 3 is 2.65 bits per heavy atom. The highest BCUT2D eigenvalue weighted by molar-refractivity contribution is 6.06. The van der Waals surface area contributed by atoms with E-state index in [-0.39, 0.29) is 42.7 Å². The van der Waals surface area contributed by atoms with Crippen LogP contribution in [-0.2, 0) is 19.1 Å². The number of terminal acetylenes is 2. The molecule has 17 heavy (non-hydrogen) atoms. The molecule has 0 amide bonds. The van der Waals surface area contributed by atoms with E-state index in [9.17, 15) is 9.59 Å². The lowest BCUT2D eigenvalue weighted by Crippen LogP contribution is -2.13. The summed E-state index contributed by atoms with van der Waals surface area (Å²) in [6.45, 7) is 1.56. The van der Waals surface area contributed by atoms with Crippen molar-refractivity contribution in [3.05, 3.63) is 11.3 Å². The second kappa shape index (κ2) is 5.77. The fraction of sp³-hybridized carbons (Fsp3) is 0.385. The maximum atomic E-state index is 11.7. The van der Waals surface area contributed by atoms with Gasteiger partial charge in [-0.3, -0.25) is 4.79 Å². The van der Waals surface area contributed by atoms with Crippen LogP contribution >= 0.6 is 0 Å². The van der Waals surface area contributed by atoms with Crippen molar-refractivity contribution in [3.8, 4) is 24.7 Å². The second-order valence-electron chi connectivity index (χ2n) is 3.54. The number of hydrogen-bond acceptors (Lipinski definition) is 4. The molecule has 0 unspecified atom stereocenters. The van der Waals surface area contributed by atoms with Gasteiger partial charge in [0.2, 0.25) is 0 Å². The summed E-state index contributed by atoms with van der Waals surface area (Å²) in [6.07, 6.45) is 10.2. The van der Waals surface area contributed by atoms with Gasteiger partial charge in [-0.2, -0.15) is 0 Å². The van der Waals surface area contributed by atoms with Crippen LogP contribution in [0, 0.1) is 30.6 Å². The van der Waals surface area contributed by atoms with Crippen molar-refractivity contribution < 1.29 is 19.1 Å². The van der Waals surface area contributed by atoms with Gasteiger partial charge < -0.3 is 9.47 Å². The first-order chi connectivity index (χ1) is 8.11. The van der Waals surface area contributed by atoms with Crippen molar-refractivity contribution in [1.29, 1.82) is 0 Å². The number of carbonyl (C=O) groups excluding carboxylic acids is 2. The molecule has 1 aliphatic carbocycles. The van der Waals surface area contributed by atoms with E-state index in [1.165, 1.54) is 0 Å². The van der Waals surface area contributed by atoms with Gasteiger partial charge in [-0.15, -0.1) is 12.8 Å². The van der Waals surface area contributed by atoms with Crippen molar-refractivity contribution in [2.24, 2.45) is 5.92 Å². The first-order valence-corrected chi connectivity index (χ1v) is 5.06. The standard InChI is InChI=1S/C13H12O4/c1-4-6-16-12-10(14)8-9(3)11(12)13(15)17-7-5-2/h1-2,9H,6-8H2,3H3/t9-/m0/s1. The fourth-order valence-electron chi connectivity index (χ4n) is 1.60. The maximum Gasteiger partial charge on any atom is 0.339 e. The van der Waals surface area contributed by atoms with Crippen LogP contribution in [0.3, 0.4) is 0 Å². The van der Waals surface area contributed by atoms with Gasteiger partial charge >= 0.3 is 5.97 Å². The molecule has 0 aromatic heterocycles. The van der Waals surface area contributed by atoms with Gasteiger partial charge in [0.05, 0.1) is 5.57 Å². The molecular weight excluding hydrogens is 220 g/mol. The average Bonchev–Trinajstić information content (AvgIpc) is 2.58. The molecule has 0 aliphatic heterocycles. The van der Waals surface area contributed by atoms with Gasteiger partial charge in [0.25, 0.3) is 0 Å². The third kappa shape index (κ3) is 2.89. The Kier molecular flexibility index (Phi) is 4.37. The van der Waals surface area contributed by atoms with Crippen LogP contribution < -0.4 is 0 Å². The Bertz CT molecular complexity index is 445. The first-order valence-electron chi connectivity index (χ1n) is 5.06. The van der Waals surface area contributed by atoms with Crippen molar-refractivity contribution in [3.63, 3.8) is 0 Å². The number of Topliss-reactive ketones (excluding diaryl/α,β-unsaturated/α-hetero) is 1. The van der Waals surface area contributed by atoms with Crippen LogP contribution in [0.5, 0.6) is 0 Å². The van der Waals surface area contributed by atoms with Crippen molar-refractivity contribution in [1.82, 2.24) is 0 Å². The molecule has 88 valence electrons. The van der Waals surface area contributed by atoms with Crippen LogP contribution in [0.4, 0.5) is 0 Å². The predicted octanol–water partition coefficient (Wildman–Crippen LogP) is 0.676. The lowest BCUT2D eigenvalue weighted by molar-refractivity contribution is -0.138. The molecule has 0 heterocycles. The van der Waals surface area contributed by atoms with E-state index in [4.69, 9.17) is 22.3 Å². The minimum atomic E-state index is -0.617. The molecule has 0 spiro atoms. The summed E-state index contributed by atoms with van der Waals surface area (Å²) in [5.41, 5.74) is 0.223. The van der Waals surface area contributed by atoms with Gasteiger partial charge in [-0.05, 0) is 5.92 Å². The molecule has 1 atom stereocenters. The number of esters is 1. The van der Waals surface area contributed by atoms with Crippen LogP contribution in [0.1, 0.15) is 13.3 Å². The number of allylic oxidation sites excluding steroid dienone is 1. The van der Waals surface area contributed by atoms with Gasteiger partial charge in [0.1, 0.15) is 6.61 Å². The molecule has 1 aliphatic rings. The van der Waals surface area contributed by atoms with Gasteiger partial charge in [-0.1, -0.05) is 18.8 Å². The molecule has 4 heteroatoms. The smallest absolute Gasteiger partial charge is 0.339 e. The summed E-state index contributed by atoms with van der Waals surface area (Å²) < 4.78 is 9.88. The van der Waals surface area contributed by atoms with Crippen molar-refractivity contribution in [2.45, 2.75) is 13.3 Å². The number of rotatable bonds is 4. The minimum Gasteiger partial charge on any atom is -0.477 e. The molecule has 0 bridgehead atoms. The van der Waals surface area contributed by atoms with E-state index in [1.807, 2.05) is 0 Å². The zero-order chi connectivity index (χ0) is 12.8. The average molecular weight is 232 g/mol. The monoisotopic (exact) mass is 232 g/mol. The Morgan fingerprint density at radius 2 is 2.06 bits per heavy atom. The van der Waals surface area contributed by atoms with E-state index >= 15 is 0 Å². The highest BCUT2D eigenvalue weighted by Crippen LogP contribution is 2.30. The second-order valence-corrected chi connectivity index (χ2v) is 3.54. The zero-order valence-electron chi connectivity index (χ0n) is 9.49. The normalized spacial score (nSPS) is 18.5. The Balaban J connectivity index is 2.92. The van der Waals surface area contributed by atoms with Gasteiger partial charge in [-0.25, -0.2) is 4.79 Å². The summed E-state index contributed by atoms with van der Waals surface area (Å²) >= 11 is 0. The minimum absolute atomic E-state index is 0.0115. The summed E-state index contributed by atoms with van der Waals surface area (Å²) in [6, 6.07) is 0. The Morgan fingerprint density at radius 1 is 1.41 bits per heavy atom. The molecule has 0 aromatic rings. The van der Waals surface area contributed by atoms with Crippen LogP contribution in [-0.4, -0.2) is 25.0 Å². The number of hydrogen-bond donors (Lipinski definition) is 0. The molecule has 0 radical (unpaired) electrons. The number of carbonyl (C=O) groups is 2. The number of ether oxygens (including phenoxy) is 2. The maximum absolute atomic E-state index is 11.7. The molecule has 0 saturated carbocycles. The Labute approximate surface area is 100.0 Å². The summed E-state index contributed by atoms with van der Waals surface area (Å²) in [7, 11) is 0. The van der Waals surface area contributed by atoms with E-state index in [1.54, 1.807) is 6.92 Å². The van der Waals surface area contributed by atoms with E-state index in [0.717, 1.165) is 0 Å². The van der Waals surface area contributed by atoms with Gasteiger partial charge in [0.15, 0.2) is 18.1 Å². The Hall–Kier alpha value is -2.20. The third-order valence-electron chi connectivity index (χ3n) is 2.29. The zero-order valence-corrected chi connectivity index (χ0v) is 9.49. The molecule has 0 fully saturated rings. The summed E-state index contributed by atoms with van der Waals surface area (Å²) in [4.78, 5) is 23.3. The SMILES string of the molecule is C#CCOC(=O)C1=C(OCC#C)C(=O)C[C@@H]1C. The summed E-state index contributed by atoms with van der Waals surface area (Å²) in [5.74, 6) is 3.34. The van der Waals surface area contributed by atoms with Gasteiger partial charge in [0, 0.05) is 6.42 Å². The molecule has 0 N–H and O–H groups in total. The fourth-order valence-corrected chi connectivity index (χ4v) is 1.60. The lowest BCUT2D eigenvalue weighted by Gasteiger charge is -2.08. The van der Waals surface area contributed by atoms with E-state index in [0.29, 0.717) is 0 Å². The van der Waals surface area contributed by atoms with Crippen molar-refractivity contribution in [2.75, 3.05) is 13.2 Å². The van der Waals surface area contributed by atoms with Crippen molar-refractivity contribution >= 4 is 11.8 Å². The molecule has 4 nitrogen and oxygen atoms in total. The quantitative estimate of drug-likeness (QED) is 0.528. The number of ketones is 1. The molecule has 0 saturated heterocycles. The topological polar surface area (TPSA) is 52.6 Å². The predicted molar refractivity (Wildman–Crippen MR) is 60.4 cm³/mol. The third-order valence-corrected chi connectivity index (χ3v) is 2.29. The largest absolute Gasteiger partial charge is 0.477 e. The highest BCUT2D eigenvalue weighted by atomic mass is 16.5. The molecular formula is C13H12O4. The van der Waals surface area contributed by atoms with E-state index in [2.05, 4.69) is 11.8 Å². The van der Waals surface area contributed by atoms with Crippen LogP contribution in [0.25, 0.3) is 0 Å². The first kappa shape index (κ1) is 12.9. The van der Waals surface area contributed by atoms with Crippen LogP contribution in [0.2, 0.25) is 0 Å². The lowest BCUT2D eigenvalue weighted by atomic mass is 10.0. The molecule has 1 rings (SSSR count). The highest BCUT2D eigenvalue weighted by Gasteiger charge is 2.36. The van der Waals surface area contributed by atoms with Crippen LogP contribution in [0.15, 0.2) is 11.3 Å². The van der Waals surface area contributed by atoms with E-state index < -0.39 is 5.97 Å².